The van der Waals surface area contributed by atoms with Crippen LogP contribution in [0.5, 0.6) is 0 Å². The first-order chi connectivity index (χ1) is 10.8. The summed E-state index contributed by atoms with van der Waals surface area (Å²) >= 11 is 0. The lowest BCUT2D eigenvalue weighted by molar-refractivity contribution is -0.125. The zero-order valence-electron chi connectivity index (χ0n) is 12.5. The minimum absolute atomic E-state index is 0.164. The number of oxime groups is 1. The second-order valence-corrected chi connectivity index (χ2v) is 5.25. The van der Waals surface area contributed by atoms with Crippen molar-refractivity contribution in [2.24, 2.45) is 5.16 Å². The summed E-state index contributed by atoms with van der Waals surface area (Å²) in [5.74, 6) is -0.164. The van der Waals surface area contributed by atoms with Crippen molar-refractivity contribution in [3.8, 4) is 0 Å². The number of carbonyl (C=O) groups excluding carboxylic acids is 1. The molecule has 0 radical (unpaired) electrons. The monoisotopic (exact) mass is 294 g/mol. The summed E-state index contributed by atoms with van der Waals surface area (Å²) in [4.78, 5) is 17.6. The fraction of sp³-hybridized carbons (Fsp3) is 0.222. The van der Waals surface area contributed by atoms with Crippen LogP contribution in [0.25, 0.3) is 0 Å². The Bertz CT molecular complexity index is 695. The van der Waals surface area contributed by atoms with Crippen LogP contribution in [-0.4, -0.2) is 17.7 Å². The predicted octanol–water partition coefficient (Wildman–Crippen LogP) is 3.38. The van der Waals surface area contributed by atoms with Crippen molar-refractivity contribution in [3.63, 3.8) is 0 Å². The van der Waals surface area contributed by atoms with E-state index >= 15 is 0 Å². The van der Waals surface area contributed by atoms with Gasteiger partial charge in [0.25, 0.3) is 5.91 Å². The van der Waals surface area contributed by atoms with Gasteiger partial charge in [0, 0.05) is 12.1 Å². The highest BCUT2D eigenvalue weighted by molar-refractivity contribution is 6.06. The zero-order valence-corrected chi connectivity index (χ0v) is 12.5. The van der Waals surface area contributed by atoms with Crippen LogP contribution in [0.1, 0.15) is 24.5 Å². The second kappa shape index (κ2) is 6.43. The molecule has 1 amide bonds. The fourth-order valence-electron chi connectivity index (χ4n) is 2.41. The van der Waals surface area contributed by atoms with E-state index in [1.165, 1.54) is 5.56 Å². The van der Waals surface area contributed by atoms with Crippen molar-refractivity contribution >= 4 is 17.3 Å². The van der Waals surface area contributed by atoms with Crippen molar-refractivity contribution in [2.45, 2.75) is 25.9 Å². The van der Waals surface area contributed by atoms with E-state index < -0.39 is 6.10 Å². The van der Waals surface area contributed by atoms with Gasteiger partial charge in [-0.2, -0.15) is 0 Å². The molecular weight excluding hydrogens is 276 g/mol. The lowest BCUT2D eigenvalue weighted by Gasteiger charge is -2.10. The van der Waals surface area contributed by atoms with E-state index in [9.17, 15) is 4.79 Å². The number of hydrogen-bond acceptors (Lipinski definition) is 3. The van der Waals surface area contributed by atoms with Gasteiger partial charge in [0.2, 0.25) is 6.10 Å². The molecule has 22 heavy (non-hydrogen) atoms. The Labute approximate surface area is 129 Å². The van der Waals surface area contributed by atoms with Crippen molar-refractivity contribution < 1.29 is 9.63 Å². The predicted molar refractivity (Wildman–Crippen MR) is 86.9 cm³/mol. The third-order valence-electron chi connectivity index (χ3n) is 3.67. The maximum atomic E-state index is 12.3. The average Bonchev–Trinajstić information content (AvgIpc) is 3.06. The van der Waals surface area contributed by atoms with Crippen LogP contribution in [0, 0.1) is 0 Å². The molecule has 0 fully saturated rings. The van der Waals surface area contributed by atoms with E-state index in [4.69, 9.17) is 4.84 Å². The molecule has 3 rings (SSSR count). The summed E-state index contributed by atoms with van der Waals surface area (Å²) in [5, 5.41) is 6.93. The normalized spacial score (nSPS) is 16.8. The Morgan fingerprint density at radius 3 is 2.82 bits per heavy atom. The summed E-state index contributed by atoms with van der Waals surface area (Å²) in [6.07, 6.45) is 0.856. The Balaban J connectivity index is 1.63. The molecule has 112 valence electrons. The maximum Gasteiger partial charge on any atom is 0.268 e. The summed E-state index contributed by atoms with van der Waals surface area (Å²) in [5.41, 5.74) is 3.78. The van der Waals surface area contributed by atoms with Gasteiger partial charge in [-0.1, -0.05) is 54.5 Å². The van der Waals surface area contributed by atoms with E-state index in [1.807, 2.05) is 54.6 Å². The molecule has 0 spiro atoms. The van der Waals surface area contributed by atoms with Gasteiger partial charge in [0.15, 0.2) is 0 Å². The molecular formula is C18H18N2O2. The summed E-state index contributed by atoms with van der Waals surface area (Å²) in [6.45, 7) is 2.08. The lowest BCUT2D eigenvalue weighted by Crippen LogP contribution is -2.28. The largest absolute Gasteiger partial charge is 0.382 e. The Hall–Kier alpha value is -2.62. The van der Waals surface area contributed by atoms with Gasteiger partial charge in [-0.15, -0.1) is 0 Å². The molecule has 1 N–H and O–H groups in total. The third-order valence-corrected chi connectivity index (χ3v) is 3.67. The summed E-state index contributed by atoms with van der Waals surface area (Å²) in [7, 11) is 0. The molecule has 1 atom stereocenters. The molecule has 1 aliphatic heterocycles. The summed E-state index contributed by atoms with van der Waals surface area (Å²) in [6, 6.07) is 17.6. The van der Waals surface area contributed by atoms with Crippen LogP contribution in [0.4, 0.5) is 5.69 Å². The standard InChI is InChI=1S/C18H18N2O2/c1-2-13-7-6-10-15(11-13)19-18(21)17-12-16(20-22-17)14-8-4-3-5-9-14/h3-11,17H,2,12H2,1H3,(H,19,21). The van der Waals surface area contributed by atoms with Crippen molar-refractivity contribution in [1.82, 2.24) is 0 Å². The highest BCUT2D eigenvalue weighted by Crippen LogP contribution is 2.19. The van der Waals surface area contributed by atoms with Crippen LogP contribution < -0.4 is 5.32 Å². The molecule has 0 aliphatic carbocycles. The molecule has 0 saturated carbocycles. The molecule has 4 heteroatoms. The van der Waals surface area contributed by atoms with E-state index in [2.05, 4.69) is 17.4 Å². The van der Waals surface area contributed by atoms with Gasteiger partial charge in [-0.3, -0.25) is 4.79 Å². The topological polar surface area (TPSA) is 50.7 Å². The molecule has 0 aromatic heterocycles. The van der Waals surface area contributed by atoms with Crippen LogP contribution in [0.2, 0.25) is 0 Å². The number of anilines is 1. The van der Waals surface area contributed by atoms with E-state index in [0.29, 0.717) is 6.42 Å². The first-order valence-electron chi connectivity index (χ1n) is 7.44. The van der Waals surface area contributed by atoms with E-state index in [-0.39, 0.29) is 5.91 Å². The van der Waals surface area contributed by atoms with Gasteiger partial charge >= 0.3 is 0 Å². The van der Waals surface area contributed by atoms with Crippen LogP contribution in [0.15, 0.2) is 59.8 Å². The van der Waals surface area contributed by atoms with Crippen molar-refractivity contribution in [1.29, 1.82) is 0 Å². The van der Waals surface area contributed by atoms with Crippen LogP contribution >= 0.6 is 0 Å². The maximum absolute atomic E-state index is 12.3. The number of carbonyl (C=O) groups is 1. The molecule has 1 heterocycles. The molecule has 0 bridgehead atoms. The first-order valence-corrected chi connectivity index (χ1v) is 7.44. The van der Waals surface area contributed by atoms with Gasteiger partial charge < -0.3 is 10.2 Å². The molecule has 0 saturated heterocycles. The minimum atomic E-state index is -0.569. The van der Waals surface area contributed by atoms with E-state index in [1.54, 1.807) is 0 Å². The van der Waals surface area contributed by atoms with Crippen LogP contribution in [-0.2, 0) is 16.1 Å². The smallest absolute Gasteiger partial charge is 0.268 e. The first kappa shape index (κ1) is 14.3. The number of amides is 1. The number of nitrogens with one attached hydrogen (secondary N) is 1. The van der Waals surface area contributed by atoms with Crippen molar-refractivity contribution in [2.75, 3.05) is 5.32 Å². The Morgan fingerprint density at radius 2 is 2.05 bits per heavy atom. The van der Waals surface area contributed by atoms with Gasteiger partial charge in [0.05, 0.1) is 5.71 Å². The quantitative estimate of drug-likeness (QED) is 0.939. The number of hydrogen-bond donors (Lipinski definition) is 1. The zero-order chi connectivity index (χ0) is 15.4. The van der Waals surface area contributed by atoms with E-state index in [0.717, 1.165) is 23.4 Å². The Morgan fingerprint density at radius 1 is 1.23 bits per heavy atom. The second-order valence-electron chi connectivity index (χ2n) is 5.25. The minimum Gasteiger partial charge on any atom is -0.382 e. The highest BCUT2D eigenvalue weighted by atomic mass is 16.6. The molecule has 1 aliphatic rings. The fourth-order valence-corrected chi connectivity index (χ4v) is 2.41. The number of aryl methyl sites for hydroxylation is 1. The third kappa shape index (κ3) is 3.17. The highest BCUT2D eigenvalue weighted by Gasteiger charge is 2.28. The number of nitrogens with zero attached hydrogens (tertiary/aromatic N) is 1. The molecule has 4 nitrogen and oxygen atoms in total. The summed E-state index contributed by atoms with van der Waals surface area (Å²) < 4.78 is 0. The Kier molecular flexibility index (Phi) is 4.19. The molecule has 2 aromatic carbocycles. The lowest BCUT2D eigenvalue weighted by atomic mass is 10.0. The molecule has 1 unspecified atom stereocenters. The van der Waals surface area contributed by atoms with Gasteiger partial charge in [-0.05, 0) is 29.7 Å². The number of benzene rings is 2. The van der Waals surface area contributed by atoms with Crippen molar-refractivity contribution in [3.05, 3.63) is 65.7 Å². The SMILES string of the molecule is CCc1cccc(NC(=O)C2CC(c3ccccc3)=NO2)c1. The van der Waals surface area contributed by atoms with Crippen LogP contribution in [0.3, 0.4) is 0 Å². The number of rotatable bonds is 4. The van der Waals surface area contributed by atoms with Gasteiger partial charge in [-0.25, -0.2) is 0 Å². The molecule has 2 aromatic rings. The van der Waals surface area contributed by atoms with Gasteiger partial charge in [0.1, 0.15) is 0 Å². The average molecular weight is 294 g/mol.